The van der Waals surface area contributed by atoms with Crippen molar-refractivity contribution in [2.75, 3.05) is 6.61 Å². The molecule has 16 heavy (non-hydrogen) atoms. The van der Waals surface area contributed by atoms with Crippen molar-refractivity contribution < 1.29 is 9.90 Å². The summed E-state index contributed by atoms with van der Waals surface area (Å²) in [6, 6.07) is 0.186. The van der Waals surface area contributed by atoms with E-state index in [2.05, 4.69) is 24.5 Å². The SMILES string of the molecule is CC(C)CC(CO)NC(C)C(=O)NC1CC1. The second kappa shape index (κ2) is 6.21. The molecule has 0 aromatic carbocycles. The zero-order valence-corrected chi connectivity index (χ0v) is 10.5. The highest BCUT2D eigenvalue weighted by molar-refractivity contribution is 5.81. The van der Waals surface area contributed by atoms with Gasteiger partial charge < -0.3 is 15.7 Å². The van der Waals surface area contributed by atoms with Gasteiger partial charge in [0.25, 0.3) is 0 Å². The average Bonchev–Trinajstić information content (AvgIpc) is 2.99. The highest BCUT2D eigenvalue weighted by Gasteiger charge is 2.26. The van der Waals surface area contributed by atoms with E-state index in [9.17, 15) is 9.90 Å². The first kappa shape index (κ1) is 13.5. The van der Waals surface area contributed by atoms with E-state index in [1.165, 1.54) is 0 Å². The van der Waals surface area contributed by atoms with Crippen LogP contribution in [0.5, 0.6) is 0 Å². The van der Waals surface area contributed by atoms with E-state index >= 15 is 0 Å². The van der Waals surface area contributed by atoms with Gasteiger partial charge in [-0.25, -0.2) is 0 Å². The lowest BCUT2D eigenvalue weighted by atomic mass is 10.0. The maximum atomic E-state index is 11.7. The van der Waals surface area contributed by atoms with Crippen LogP contribution in [0.4, 0.5) is 0 Å². The monoisotopic (exact) mass is 228 g/mol. The highest BCUT2D eigenvalue weighted by Crippen LogP contribution is 2.18. The molecule has 1 fully saturated rings. The molecule has 0 spiro atoms. The Hall–Kier alpha value is -0.610. The second-order valence-electron chi connectivity index (χ2n) is 5.18. The van der Waals surface area contributed by atoms with Crippen molar-refractivity contribution in [1.82, 2.24) is 10.6 Å². The van der Waals surface area contributed by atoms with Crippen molar-refractivity contribution in [2.45, 2.75) is 58.2 Å². The van der Waals surface area contributed by atoms with E-state index in [4.69, 9.17) is 0 Å². The minimum atomic E-state index is -0.225. The van der Waals surface area contributed by atoms with Gasteiger partial charge in [-0.15, -0.1) is 0 Å². The van der Waals surface area contributed by atoms with Crippen LogP contribution in [-0.2, 0) is 4.79 Å². The molecule has 0 aliphatic heterocycles. The van der Waals surface area contributed by atoms with Gasteiger partial charge in [0.05, 0.1) is 12.6 Å². The molecule has 2 atom stereocenters. The Morgan fingerprint density at radius 1 is 1.38 bits per heavy atom. The molecule has 94 valence electrons. The van der Waals surface area contributed by atoms with Crippen LogP contribution in [0.25, 0.3) is 0 Å². The summed E-state index contributed by atoms with van der Waals surface area (Å²) in [6.45, 7) is 6.15. The molecule has 0 bridgehead atoms. The topological polar surface area (TPSA) is 61.4 Å². The Labute approximate surface area is 97.8 Å². The van der Waals surface area contributed by atoms with Crippen molar-refractivity contribution in [3.63, 3.8) is 0 Å². The summed E-state index contributed by atoms with van der Waals surface area (Å²) < 4.78 is 0. The molecule has 1 saturated carbocycles. The van der Waals surface area contributed by atoms with Crippen LogP contribution in [-0.4, -0.2) is 35.7 Å². The number of amides is 1. The Morgan fingerprint density at radius 3 is 2.44 bits per heavy atom. The fourth-order valence-corrected chi connectivity index (χ4v) is 1.75. The molecule has 1 amide bonds. The lowest BCUT2D eigenvalue weighted by Gasteiger charge is -2.22. The van der Waals surface area contributed by atoms with Crippen LogP contribution >= 0.6 is 0 Å². The number of carbonyl (C=O) groups is 1. The molecular weight excluding hydrogens is 204 g/mol. The van der Waals surface area contributed by atoms with E-state index in [0.29, 0.717) is 12.0 Å². The summed E-state index contributed by atoms with van der Waals surface area (Å²) in [6.07, 6.45) is 3.10. The van der Waals surface area contributed by atoms with Gasteiger partial charge in [0.1, 0.15) is 0 Å². The zero-order chi connectivity index (χ0) is 12.1. The smallest absolute Gasteiger partial charge is 0.237 e. The number of carbonyl (C=O) groups excluding carboxylic acids is 1. The van der Waals surface area contributed by atoms with E-state index in [-0.39, 0.29) is 24.6 Å². The Balaban J connectivity index is 2.28. The van der Waals surface area contributed by atoms with Gasteiger partial charge in [0.2, 0.25) is 5.91 Å². The maximum Gasteiger partial charge on any atom is 0.237 e. The first-order chi connectivity index (χ1) is 7.52. The summed E-state index contributed by atoms with van der Waals surface area (Å²) in [5.41, 5.74) is 0. The Bertz CT molecular complexity index is 227. The van der Waals surface area contributed by atoms with Crippen molar-refractivity contribution >= 4 is 5.91 Å². The average molecular weight is 228 g/mol. The number of hydrogen-bond acceptors (Lipinski definition) is 3. The molecular formula is C12H24N2O2. The quantitative estimate of drug-likeness (QED) is 0.599. The summed E-state index contributed by atoms with van der Waals surface area (Å²) >= 11 is 0. The van der Waals surface area contributed by atoms with Gasteiger partial charge in [-0.2, -0.15) is 0 Å². The number of rotatable bonds is 7. The van der Waals surface area contributed by atoms with Gasteiger partial charge in [0.15, 0.2) is 0 Å². The third kappa shape index (κ3) is 4.94. The molecule has 0 heterocycles. The Morgan fingerprint density at radius 2 is 2.00 bits per heavy atom. The van der Waals surface area contributed by atoms with Crippen LogP contribution in [0.1, 0.15) is 40.0 Å². The van der Waals surface area contributed by atoms with Crippen molar-refractivity contribution in [1.29, 1.82) is 0 Å². The molecule has 0 radical (unpaired) electrons. The molecule has 4 nitrogen and oxygen atoms in total. The summed E-state index contributed by atoms with van der Waals surface area (Å²) in [7, 11) is 0. The third-order valence-electron chi connectivity index (χ3n) is 2.78. The molecule has 1 aliphatic carbocycles. The molecule has 0 aromatic rings. The molecule has 1 rings (SSSR count). The zero-order valence-electron chi connectivity index (χ0n) is 10.5. The largest absolute Gasteiger partial charge is 0.395 e. The number of nitrogens with one attached hydrogen (secondary N) is 2. The lowest BCUT2D eigenvalue weighted by molar-refractivity contribution is -0.123. The molecule has 0 saturated heterocycles. The normalized spacial score (nSPS) is 19.6. The number of aliphatic hydroxyl groups is 1. The van der Waals surface area contributed by atoms with Crippen LogP contribution in [0.3, 0.4) is 0 Å². The van der Waals surface area contributed by atoms with Crippen LogP contribution < -0.4 is 10.6 Å². The van der Waals surface area contributed by atoms with Crippen molar-refractivity contribution in [3.05, 3.63) is 0 Å². The fraction of sp³-hybridized carbons (Fsp3) is 0.917. The first-order valence-electron chi connectivity index (χ1n) is 6.20. The molecule has 0 aromatic heterocycles. The minimum absolute atomic E-state index is 0.0138. The molecule has 3 N–H and O–H groups in total. The van der Waals surface area contributed by atoms with E-state index in [0.717, 1.165) is 19.3 Å². The summed E-state index contributed by atoms with van der Waals surface area (Å²) in [4.78, 5) is 11.7. The van der Waals surface area contributed by atoms with Crippen molar-refractivity contribution in [3.8, 4) is 0 Å². The number of hydrogen-bond donors (Lipinski definition) is 3. The van der Waals surface area contributed by atoms with E-state index < -0.39 is 0 Å². The van der Waals surface area contributed by atoms with Gasteiger partial charge >= 0.3 is 0 Å². The summed E-state index contributed by atoms with van der Waals surface area (Å²) in [5.74, 6) is 0.563. The fourth-order valence-electron chi connectivity index (χ4n) is 1.75. The second-order valence-corrected chi connectivity index (χ2v) is 5.18. The molecule has 2 unspecified atom stereocenters. The van der Waals surface area contributed by atoms with E-state index in [1.54, 1.807) is 0 Å². The number of aliphatic hydroxyl groups excluding tert-OH is 1. The maximum absolute atomic E-state index is 11.7. The standard InChI is InChI=1S/C12H24N2O2/c1-8(2)6-11(7-15)13-9(3)12(16)14-10-4-5-10/h8-11,13,15H,4-7H2,1-3H3,(H,14,16). The third-order valence-corrected chi connectivity index (χ3v) is 2.78. The first-order valence-corrected chi connectivity index (χ1v) is 6.20. The van der Waals surface area contributed by atoms with Crippen LogP contribution in [0, 0.1) is 5.92 Å². The minimum Gasteiger partial charge on any atom is -0.395 e. The Kier molecular flexibility index (Phi) is 5.22. The van der Waals surface area contributed by atoms with Gasteiger partial charge in [-0.3, -0.25) is 4.79 Å². The van der Waals surface area contributed by atoms with Gasteiger partial charge in [-0.05, 0) is 32.1 Å². The van der Waals surface area contributed by atoms with Gasteiger partial charge in [-0.1, -0.05) is 13.8 Å². The van der Waals surface area contributed by atoms with E-state index in [1.807, 2.05) is 6.92 Å². The lowest BCUT2D eigenvalue weighted by Crippen LogP contribution is -2.48. The molecule has 1 aliphatic rings. The van der Waals surface area contributed by atoms with Crippen molar-refractivity contribution in [2.24, 2.45) is 5.92 Å². The predicted octanol–water partition coefficient (Wildman–Crippen LogP) is 0.650. The predicted molar refractivity (Wildman–Crippen MR) is 64.1 cm³/mol. The highest BCUT2D eigenvalue weighted by atomic mass is 16.3. The van der Waals surface area contributed by atoms with Crippen LogP contribution in [0.2, 0.25) is 0 Å². The molecule has 4 heteroatoms. The van der Waals surface area contributed by atoms with Crippen LogP contribution in [0.15, 0.2) is 0 Å². The van der Waals surface area contributed by atoms with Gasteiger partial charge in [0, 0.05) is 12.1 Å². The summed E-state index contributed by atoms with van der Waals surface area (Å²) in [5, 5.41) is 15.3.